The van der Waals surface area contributed by atoms with Crippen LogP contribution < -0.4 is 11.1 Å². The van der Waals surface area contributed by atoms with Crippen molar-refractivity contribution >= 4 is 5.91 Å². The molecule has 5 nitrogen and oxygen atoms in total. The fourth-order valence-electron chi connectivity index (χ4n) is 1.36. The summed E-state index contributed by atoms with van der Waals surface area (Å²) >= 11 is 0. The van der Waals surface area contributed by atoms with E-state index in [4.69, 9.17) is 5.73 Å². The summed E-state index contributed by atoms with van der Waals surface area (Å²) in [6, 6.07) is 3.43. The highest BCUT2D eigenvalue weighted by molar-refractivity contribution is 5.92. The molecular weight excluding hydrogens is 240 g/mol. The lowest BCUT2D eigenvalue weighted by atomic mass is 10.2. The van der Waals surface area contributed by atoms with Gasteiger partial charge in [-0.15, -0.1) is 0 Å². The normalized spacial score (nSPS) is 9.89. The number of amides is 1. The smallest absolute Gasteiger partial charge is 0.269 e. The maximum atomic E-state index is 11.8. The van der Waals surface area contributed by atoms with Crippen molar-refractivity contribution < 1.29 is 4.79 Å². The summed E-state index contributed by atoms with van der Waals surface area (Å²) in [5.41, 5.74) is 6.44. The van der Waals surface area contributed by atoms with E-state index in [9.17, 15) is 4.79 Å². The predicted molar refractivity (Wildman–Crippen MR) is 75.7 cm³/mol. The van der Waals surface area contributed by atoms with Gasteiger partial charge in [-0.3, -0.25) is 4.79 Å². The van der Waals surface area contributed by atoms with Crippen molar-refractivity contribution in [3.05, 3.63) is 29.6 Å². The Kier molecular flexibility index (Phi) is 6.58. The lowest BCUT2D eigenvalue weighted by Gasteiger charge is -2.13. The number of nitrogens with one attached hydrogen (secondary N) is 1. The molecule has 102 valence electrons. The summed E-state index contributed by atoms with van der Waals surface area (Å²) in [5, 5.41) is 2.83. The molecule has 0 fully saturated rings. The van der Waals surface area contributed by atoms with Gasteiger partial charge >= 0.3 is 0 Å². The van der Waals surface area contributed by atoms with Crippen LogP contribution in [0.5, 0.6) is 0 Å². The minimum atomic E-state index is -0.164. The fourth-order valence-corrected chi connectivity index (χ4v) is 1.36. The zero-order chi connectivity index (χ0) is 14.1. The molecule has 3 N–H and O–H groups in total. The maximum Gasteiger partial charge on any atom is 0.269 e. The minimum absolute atomic E-state index is 0.164. The Labute approximate surface area is 114 Å². The molecular formula is C14H20N4O. The van der Waals surface area contributed by atoms with E-state index >= 15 is 0 Å². The number of likely N-dealkylation sites (N-methyl/N-ethyl adjacent to an activating group) is 1. The number of nitrogens with two attached hydrogens (primary N) is 1. The molecule has 0 aliphatic heterocycles. The second-order valence-electron chi connectivity index (χ2n) is 4.09. The number of hydrogen-bond acceptors (Lipinski definition) is 4. The van der Waals surface area contributed by atoms with Crippen molar-refractivity contribution in [3.8, 4) is 11.8 Å². The molecule has 0 aromatic carbocycles. The number of pyridine rings is 1. The van der Waals surface area contributed by atoms with E-state index in [1.54, 1.807) is 18.3 Å². The molecule has 5 heteroatoms. The summed E-state index contributed by atoms with van der Waals surface area (Å²) < 4.78 is 0. The number of nitrogens with zero attached hydrogens (tertiary/aromatic N) is 2. The summed E-state index contributed by atoms with van der Waals surface area (Å²) in [7, 11) is 2.01. The van der Waals surface area contributed by atoms with E-state index in [1.165, 1.54) is 0 Å². The van der Waals surface area contributed by atoms with Gasteiger partial charge in [0, 0.05) is 24.8 Å². The standard InChI is InChI=1S/C14H20N4O/c1-3-18(2)10-9-16-14(19)13-7-6-12(11-17-13)5-4-8-15/h6-7,11H,3,8-10,15H2,1-2H3,(H,16,19). The average Bonchev–Trinajstić information content (AvgIpc) is 2.45. The van der Waals surface area contributed by atoms with Crippen LogP contribution in [0.1, 0.15) is 23.0 Å². The average molecular weight is 260 g/mol. The first kappa shape index (κ1) is 15.2. The highest BCUT2D eigenvalue weighted by Crippen LogP contribution is 1.98. The second kappa shape index (κ2) is 8.25. The van der Waals surface area contributed by atoms with Crippen molar-refractivity contribution in [3.63, 3.8) is 0 Å². The van der Waals surface area contributed by atoms with E-state index in [-0.39, 0.29) is 5.91 Å². The molecule has 0 aliphatic carbocycles. The summed E-state index contributed by atoms with van der Waals surface area (Å²) in [6.07, 6.45) is 1.58. The predicted octanol–water partition coefficient (Wildman–Crippen LogP) is 0.0733. The van der Waals surface area contributed by atoms with Crippen molar-refractivity contribution in [1.29, 1.82) is 0 Å². The van der Waals surface area contributed by atoms with Crippen LogP contribution in [0.15, 0.2) is 18.3 Å². The first-order valence-corrected chi connectivity index (χ1v) is 6.29. The molecule has 0 spiro atoms. The van der Waals surface area contributed by atoms with Gasteiger partial charge in [-0.1, -0.05) is 18.8 Å². The van der Waals surface area contributed by atoms with Crippen LogP contribution in [-0.4, -0.2) is 49.0 Å². The molecule has 0 atom stereocenters. The first-order chi connectivity index (χ1) is 9.17. The Bertz CT molecular complexity index is 459. The van der Waals surface area contributed by atoms with Gasteiger partial charge in [0.1, 0.15) is 5.69 Å². The molecule has 1 heterocycles. The van der Waals surface area contributed by atoms with E-state index < -0.39 is 0 Å². The molecule has 0 bridgehead atoms. The van der Waals surface area contributed by atoms with Crippen molar-refractivity contribution in [2.24, 2.45) is 5.73 Å². The van der Waals surface area contributed by atoms with Crippen LogP contribution >= 0.6 is 0 Å². The van der Waals surface area contributed by atoms with E-state index in [0.29, 0.717) is 18.8 Å². The van der Waals surface area contributed by atoms with Gasteiger partial charge in [-0.05, 0) is 25.7 Å². The highest BCUT2D eigenvalue weighted by Gasteiger charge is 2.06. The van der Waals surface area contributed by atoms with Gasteiger partial charge in [-0.2, -0.15) is 0 Å². The zero-order valence-corrected chi connectivity index (χ0v) is 11.4. The summed E-state index contributed by atoms with van der Waals surface area (Å²) in [4.78, 5) is 18.0. The molecule has 1 amide bonds. The third kappa shape index (κ3) is 5.51. The van der Waals surface area contributed by atoms with Crippen LogP contribution in [0.3, 0.4) is 0 Å². The van der Waals surface area contributed by atoms with Crippen LogP contribution in [0, 0.1) is 11.8 Å². The topological polar surface area (TPSA) is 71.2 Å². The number of carbonyl (C=O) groups excluding carboxylic acids is 1. The second-order valence-corrected chi connectivity index (χ2v) is 4.09. The van der Waals surface area contributed by atoms with Gasteiger partial charge in [-0.25, -0.2) is 4.98 Å². The quantitative estimate of drug-likeness (QED) is 0.735. The van der Waals surface area contributed by atoms with Gasteiger partial charge in [0.25, 0.3) is 5.91 Å². The van der Waals surface area contributed by atoms with Gasteiger partial charge < -0.3 is 16.0 Å². The molecule has 1 aromatic rings. The monoisotopic (exact) mass is 260 g/mol. The van der Waals surface area contributed by atoms with Crippen molar-refractivity contribution in [1.82, 2.24) is 15.2 Å². The Morgan fingerprint density at radius 2 is 2.32 bits per heavy atom. The SMILES string of the molecule is CCN(C)CCNC(=O)c1ccc(C#CCN)cn1. The Morgan fingerprint density at radius 1 is 1.53 bits per heavy atom. The maximum absolute atomic E-state index is 11.8. The zero-order valence-electron chi connectivity index (χ0n) is 11.4. The third-order valence-corrected chi connectivity index (χ3v) is 2.65. The molecule has 1 rings (SSSR count). The highest BCUT2D eigenvalue weighted by atomic mass is 16.1. The number of carbonyl (C=O) groups is 1. The molecule has 0 radical (unpaired) electrons. The van der Waals surface area contributed by atoms with E-state index in [1.807, 2.05) is 7.05 Å². The lowest BCUT2D eigenvalue weighted by Crippen LogP contribution is -2.33. The first-order valence-electron chi connectivity index (χ1n) is 6.29. The number of hydrogen-bond donors (Lipinski definition) is 2. The van der Waals surface area contributed by atoms with Crippen LogP contribution in [0.4, 0.5) is 0 Å². The Balaban J connectivity index is 2.49. The summed E-state index contributed by atoms with van der Waals surface area (Å²) in [5.74, 6) is 5.43. The van der Waals surface area contributed by atoms with Crippen molar-refractivity contribution in [2.75, 3.05) is 33.2 Å². The molecule has 19 heavy (non-hydrogen) atoms. The number of aromatic nitrogens is 1. The molecule has 0 unspecified atom stereocenters. The van der Waals surface area contributed by atoms with Gasteiger partial charge in [0.2, 0.25) is 0 Å². The Hall–Kier alpha value is -1.90. The van der Waals surface area contributed by atoms with Gasteiger partial charge in [0.05, 0.1) is 6.54 Å². The van der Waals surface area contributed by atoms with Gasteiger partial charge in [0.15, 0.2) is 0 Å². The van der Waals surface area contributed by atoms with E-state index in [2.05, 4.69) is 34.0 Å². The molecule has 0 aliphatic rings. The molecule has 0 saturated heterocycles. The third-order valence-electron chi connectivity index (χ3n) is 2.65. The van der Waals surface area contributed by atoms with Crippen molar-refractivity contribution in [2.45, 2.75) is 6.92 Å². The van der Waals surface area contributed by atoms with Crippen LogP contribution in [0.25, 0.3) is 0 Å². The van der Waals surface area contributed by atoms with Crippen LogP contribution in [-0.2, 0) is 0 Å². The molecule has 0 saturated carbocycles. The van der Waals surface area contributed by atoms with Crippen LogP contribution in [0.2, 0.25) is 0 Å². The number of rotatable bonds is 5. The summed E-state index contributed by atoms with van der Waals surface area (Å²) in [6.45, 7) is 4.78. The largest absolute Gasteiger partial charge is 0.349 e. The Morgan fingerprint density at radius 3 is 2.89 bits per heavy atom. The molecule has 1 aromatic heterocycles. The fraction of sp³-hybridized carbons (Fsp3) is 0.429. The lowest BCUT2D eigenvalue weighted by molar-refractivity contribution is 0.0945. The minimum Gasteiger partial charge on any atom is -0.349 e. The van der Waals surface area contributed by atoms with E-state index in [0.717, 1.165) is 18.7 Å².